The fraction of sp³-hybridized carbons (Fsp3) is 0.667. The number of aliphatic hydroxyl groups excluding tert-OH is 1. The van der Waals surface area contributed by atoms with Crippen LogP contribution < -0.4 is 5.73 Å². The van der Waals surface area contributed by atoms with E-state index in [2.05, 4.69) is 0 Å². The molecule has 1 fully saturated rings. The van der Waals surface area contributed by atoms with Crippen LogP contribution in [0.15, 0.2) is 10.6 Å². The van der Waals surface area contributed by atoms with E-state index in [1.54, 1.807) is 6.92 Å². The number of carboxylic acid groups (broad SMARTS) is 1. The van der Waals surface area contributed by atoms with Gasteiger partial charge in [0.1, 0.15) is 5.70 Å². The zero-order valence-corrected chi connectivity index (χ0v) is 11.8. The number of hydrogen-bond donors (Lipinski definition) is 3. The Bertz CT molecular complexity index is 478. The molecule has 0 bridgehead atoms. The summed E-state index contributed by atoms with van der Waals surface area (Å²) in [7, 11) is 0. The first-order valence-electron chi connectivity index (χ1n) is 6.08. The highest BCUT2D eigenvalue weighted by molar-refractivity contribution is 8.03. The van der Waals surface area contributed by atoms with Gasteiger partial charge in [0, 0.05) is 23.6 Å². The Morgan fingerprint density at radius 3 is 2.63 bits per heavy atom. The fourth-order valence-corrected chi connectivity index (χ4v) is 3.86. The van der Waals surface area contributed by atoms with E-state index in [4.69, 9.17) is 5.73 Å². The van der Waals surface area contributed by atoms with Gasteiger partial charge in [0.15, 0.2) is 0 Å². The number of carboxylic acids is 1. The SMILES string of the molecule is CC1(CO)C(=O)N2C(C(=O)O)=C(SCCN)CC21C. The van der Waals surface area contributed by atoms with Crippen molar-refractivity contribution in [2.24, 2.45) is 11.1 Å². The number of thioether (sulfide) groups is 1. The van der Waals surface area contributed by atoms with Gasteiger partial charge in [-0.3, -0.25) is 9.69 Å². The Morgan fingerprint density at radius 1 is 1.53 bits per heavy atom. The Labute approximate surface area is 115 Å². The molecule has 2 rings (SSSR count). The maximum absolute atomic E-state index is 12.2. The quantitative estimate of drug-likeness (QED) is 0.614. The molecule has 4 N–H and O–H groups in total. The number of hydrogen-bond acceptors (Lipinski definition) is 5. The second-order valence-electron chi connectivity index (χ2n) is 5.30. The molecular weight excluding hydrogens is 268 g/mol. The number of nitrogens with two attached hydrogens (primary N) is 1. The number of aliphatic hydroxyl groups is 1. The third-order valence-corrected chi connectivity index (χ3v) is 5.39. The Kier molecular flexibility index (Phi) is 3.40. The molecule has 0 saturated carbocycles. The van der Waals surface area contributed by atoms with Crippen LogP contribution in [0.2, 0.25) is 0 Å². The molecule has 0 aromatic heterocycles. The van der Waals surface area contributed by atoms with Gasteiger partial charge in [0.2, 0.25) is 5.91 Å². The van der Waals surface area contributed by atoms with Crippen molar-refractivity contribution in [1.82, 2.24) is 4.90 Å². The molecule has 0 aromatic carbocycles. The van der Waals surface area contributed by atoms with Gasteiger partial charge in [0.25, 0.3) is 0 Å². The van der Waals surface area contributed by atoms with Gasteiger partial charge in [-0.15, -0.1) is 11.8 Å². The van der Waals surface area contributed by atoms with Crippen LogP contribution in [0.25, 0.3) is 0 Å². The number of nitrogens with zero attached hydrogens (tertiary/aromatic N) is 1. The van der Waals surface area contributed by atoms with E-state index in [1.807, 2.05) is 6.92 Å². The van der Waals surface area contributed by atoms with Gasteiger partial charge in [-0.25, -0.2) is 4.79 Å². The Balaban J connectivity index is 2.38. The zero-order chi connectivity index (χ0) is 14.4. The molecule has 2 aliphatic rings. The van der Waals surface area contributed by atoms with E-state index >= 15 is 0 Å². The smallest absolute Gasteiger partial charge is 0.353 e. The van der Waals surface area contributed by atoms with Crippen LogP contribution in [-0.2, 0) is 9.59 Å². The number of carbonyl (C=O) groups is 2. The van der Waals surface area contributed by atoms with Crippen molar-refractivity contribution in [3.63, 3.8) is 0 Å². The van der Waals surface area contributed by atoms with Crippen molar-refractivity contribution in [3.05, 3.63) is 10.6 Å². The Hall–Kier alpha value is -1.05. The highest BCUT2D eigenvalue weighted by atomic mass is 32.2. The monoisotopic (exact) mass is 286 g/mol. The largest absolute Gasteiger partial charge is 0.477 e. The van der Waals surface area contributed by atoms with Crippen molar-refractivity contribution in [3.8, 4) is 0 Å². The molecule has 7 heteroatoms. The molecule has 2 unspecified atom stereocenters. The van der Waals surface area contributed by atoms with Gasteiger partial charge in [0.05, 0.1) is 17.6 Å². The molecular formula is C12H18N2O4S. The van der Waals surface area contributed by atoms with Crippen LogP contribution in [0.1, 0.15) is 20.3 Å². The van der Waals surface area contributed by atoms with Gasteiger partial charge >= 0.3 is 5.97 Å². The first-order chi connectivity index (χ1) is 8.83. The van der Waals surface area contributed by atoms with E-state index in [9.17, 15) is 19.8 Å². The molecule has 0 aromatic rings. The molecule has 0 spiro atoms. The van der Waals surface area contributed by atoms with Crippen molar-refractivity contribution in [1.29, 1.82) is 0 Å². The number of rotatable bonds is 5. The maximum Gasteiger partial charge on any atom is 0.353 e. The average Bonchev–Trinajstić information content (AvgIpc) is 2.66. The molecule has 1 amide bonds. The molecule has 0 radical (unpaired) electrons. The first kappa shape index (κ1) is 14.4. The number of fused-ring (bicyclic) bond motifs is 1. The van der Waals surface area contributed by atoms with Crippen LogP contribution in [-0.4, -0.2) is 51.4 Å². The van der Waals surface area contributed by atoms with Crippen molar-refractivity contribution < 1.29 is 19.8 Å². The molecule has 2 heterocycles. The summed E-state index contributed by atoms with van der Waals surface area (Å²) >= 11 is 1.38. The molecule has 19 heavy (non-hydrogen) atoms. The van der Waals surface area contributed by atoms with E-state index in [1.165, 1.54) is 16.7 Å². The van der Waals surface area contributed by atoms with Crippen LogP contribution >= 0.6 is 11.8 Å². The maximum atomic E-state index is 12.2. The lowest BCUT2D eigenvalue weighted by atomic mass is 9.62. The highest BCUT2D eigenvalue weighted by Gasteiger charge is 2.70. The molecule has 2 aliphatic heterocycles. The molecule has 106 valence electrons. The minimum absolute atomic E-state index is 0.0527. The lowest BCUT2D eigenvalue weighted by Gasteiger charge is -2.58. The fourth-order valence-electron chi connectivity index (χ4n) is 2.79. The summed E-state index contributed by atoms with van der Waals surface area (Å²) in [5.74, 6) is -0.810. The van der Waals surface area contributed by atoms with Gasteiger partial charge in [-0.2, -0.15) is 0 Å². The summed E-state index contributed by atoms with van der Waals surface area (Å²) < 4.78 is 0. The highest BCUT2D eigenvalue weighted by Crippen LogP contribution is 2.59. The molecule has 2 atom stereocenters. The van der Waals surface area contributed by atoms with Crippen LogP contribution in [0, 0.1) is 5.41 Å². The lowest BCUT2D eigenvalue weighted by molar-refractivity contribution is -0.186. The number of amides is 1. The number of carbonyl (C=O) groups excluding carboxylic acids is 1. The van der Waals surface area contributed by atoms with Gasteiger partial charge in [-0.05, 0) is 13.8 Å². The lowest BCUT2D eigenvalue weighted by Crippen LogP contribution is -2.74. The van der Waals surface area contributed by atoms with E-state index in [-0.39, 0.29) is 18.2 Å². The molecule has 1 saturated heterocycles. The average molecular weight is 286 g/mol. The van der Waals surface area contributed by atoms with E-state index in [0.29, 0.717) is 23.6 Å². The van der Waals surface area contributed by atoms with Gasteiger partial charge in [-0.1, -0.05) is 0 Å². The number of β-lactam (4-membered cyclic amide) rings is 1. The number of aliphatic carboxylic acids is 1. The van der Waals surface area contributed by atoms with Crippen LogP contribution in [0.5, 0.6) is 0 Å². The van der Waals surface area contributed by atoms with Crippen molar-refractivity contribution in [2.45, 2.75) is 25.8 Å². The summed E-state index contributed by atoms with van der Waals surface area (Å²) in [6.45, 7) is 3.68. The van der Waals surface area contributed by atoms with Crippen molar-refractivity contribution in [2.75, 3.05) is 18.9 Å². The van der Waals surface area contributed by atoms with Crippen molar-refractivity contribution >= 4 is 23.6 Å². The summed E-state index contributed by atoms with van der Waals surface area (Å²) in [5.41, 5.74) is 3.94. The minimum Gasteiger partial charge on any atom is -0.477 e. The third-order valence-electron chi connectivity index (χ3n) is 4.26. The van der Waals surface area contributed by atoms with Gasteiger partial charge < -0.3 is 15.9 Å². The van der Waals surface area contributed by atoms with Crippen LogP contribution in [0.4, 0.5) is 0 Å². The summed E-state index contributed by atoms with van der Waals surface area (Å²) in [6, 6.07) is 0. The second-order valence-corrected chi connectivity index (χ2v) is 6.49. The van der Waals surface area contributed by atoms with E-state index in [0.717, 1.165) is 0 Å². The summed E-state index contributed by atoms with van der Waals surface area (Å²) in [6.07, 6.45) is 0.460. The van der Waals surface area contributed by atoms with Crippen LogP contribution in [0.3, 0.4) is 0 Å². The summed E-state index contributed by atoms with van der Waals surface area (Å²) in [5, 5.41) is 18.8. The Morgan fingerprint density at radius 2 is 2.16 bits per heavy atom. The normalized spacial score (nSPS) is 33.5. The first-order valence-corrected chi connectivity index (χ1v) is 7.07. The standard InChI is InChI=1S/C12H18N2O4S/c1-11(6-15)10(18)14-8(9(16)17)7(19-4-3-13)5-12(11,14)2/h15H,3-6,13H2,1-2H3,(H,16,17). The van der Waals surface area contributed by atoms with E-state index < -0.39 is 16.9 Å². The third kappa shape index (κ3) is 1.65. The molecule has 0 aliphatic carbocycles. The topological polar surface area (TPSA) is 104 Å². The second kappa shape index (κ2) is 4.50. The minimum atomic E-state index is -1.10. The predicted molar refractivity (Wildman–Crippen MR) is 71.2 cm³/mol. The molecule has 6 nitrogen and oxygen atoms in total. The predicted octanol–water partition coefficient (Wildman–Crippen LogP) is -0.0223. The summed E-state index contributed by atoms with van der Waals surface area (Å²) in [4.78, 5) is 25.6. The zero-order valence-electron chi connectivity index (χ0n) is 11.0.